The molecule has 1 saturated carbocycles. The van der Waals surface area contributed by atoms with Gasteiger partial charge in [-0.05, 0) is 59.1 Å². The summed E-state index contributed by atoms with van der Waals surface area (Å²) in [6, 6.07) is 12.5. The summed E-state index contributed by atoms with van der Waals surface area (Å²) in [6.07, 6.45) is 8.47. The number of aliphatic hydroxyl groups excluding tert-OH is 1. The number of fused-ring (bicyclic) bond motifs is 1. The zero-order chi connectivity index (χ0) is 30.6. The topological polar surface area (TPSA) is 163 Å². The first-order valence-electron chi connectivity index (χ1n) is 14.4. The molecule has 1 aliphatic heterocycles. The lowest BCUT2D eigenvalue weighted by molar-refractivity contribution is -0.137. The van der Waals surface area contributed by atoms with Gasteiger partial charge in [0.1, 0.15) is 6.61 Å². The van der Waals surface area contributed by atoms with E-state index >= 15 is 0 Å². The van der Waals surface area contributed by atoms with E-state index in [0.29, 0.717) is 28.9 Å². The summed E-state index contributed by atoms with van der Waals surface area (Å²) < 4.78 is 24.7. The number of aryl methyl sites for hydroxylation is 1. The predicted octanol–water partition coefficient (Wildman–Crippen LogP) is 3.30. The van der Waals surface area contributed by atoms with Crippen LogP contribution in [0.25, 0.3) is 0 Å². The number of benzene rings is 2. The van der Waals surface area contributed by atoms with Crippen molar-refractivity contribution in [1.82, 2.24) is 25.5 Å². The van der Waals surface area contributed by atoms with Crippen LogP contribution in [0.3, 0.4) is 0 Å². The molecule has 3 aromatic rings. The third-order valence-electron chi connectivity index (χ3n) is 8.07. The first-order chi connectivity index (χ1) is 20.6. The number of hydrogen-bond acceptors (Lipinski definition) is 7. The normalized spacial score (nSPS) is 23.1. The van der Waals surface area contributed by atoms with Crippen LogP contribution >= 0.6 is 0 Å². The number of nitrogens with one attached hydrogen (secondary N) is 3. The summed E-state index contributed by atoms with van der Waals surface area (Å²) in [5.74, 6) is -1.15. The molecule has 2 heterocycles. The highest BCUT2D eigenvalue weighted by Gasteiger charge is 2.40. The van der Waals surface area contributed by atoms with E-state index in [1.54, 1.807) is 18.2 Å². The third kappa shape index (κ3) is 7.70. The van der Waals surface area contributed by atoms with Crippen LogP contribution in [-0.4, -0.2) is 43.7 Å². The lowest BCUT2D eigenvalue weighted by Crippen LogP contribution is -2.45. The number of nitrogens with zero attached hydrogens (tertiary/aromatic N) is 2. The summed E-state index contributed by atoms with van der Waals surface area (Å²) >= 11 is 0. The van der Waals surface area contributed by atoms with Crippen molar-refractivity contribution >= 4 is 22.2 Å². The zero-order valence-corrected chi connectivity index (χ0v) is 25.1. The number of aromatic nitrogens is 2. The minimum Gasteiger partial charge on any atom is -0.390 e. The Morgan fingerprint density at radius 1 is 1.12 bits per heavy atom. The number of rotatable bonds is 10. The van der Waals surface area contributed by atoms with Crippen LogP contribution in [0.1, 0.15) is 81.6 Å². The molecule has 11 nitrogen and oxygen atoms in total. The van der Waals surface area contributed by atoms with Gasteiger partial charge in [0.15, 0.2) is 6.26 Å². The average Bonchev–Trinajstić information content (AvgIpc) is 2.97. The van der Waals surface area contributed by atoms with Gasteiger partial charge in [0.25, 0.3) is 22.2 Å². The number of hydrogen-bond donors (Lipinski definition) is 5. The third-order valence-corrected chi connectivity index (χ3v) is 8.84. The highest BCUT2D eigenvalue weighted by atomic mass is 32.3. The van der Waals surface area contributed by atoms with Crippen LogP contribution in [0.15, 0.2) is 54.9 Å². The van der Waals surface area contributed by atoms with Crippen LogP contribution < -0.4 is 15.5 Å². The molecule has 1 aromatic heterocycles. The molecule has 2 aliphatic rings. The molecule has 0 saturated heterocycles. The van der Waals surface area contributed by atoms with Gasteiger partial charge in [-0.25, -0.2) is 5.48 Å². The zero-order valence-electron chi connectivity index (χ0n) is 24.3. The maximum Gasteiger partial charge on any atom is 0.285 e. The highest BCUT2D eigenvalue weighted by molar-refractivity contribution is 7.95. The molecule has 2 amide bonds. The SMILES string of the molecule is Cc1ccc([C@@H]2NC(=O)c3ccccc3[C@H]2C(=O)NOCc2cnc(CO)cn2)c(CC2CCC[C@H](N[S+](C)(=O)O)C2)c1. The molecule has 43 heavy (non-hydrogen) atoms. The Morgan fingerprint density at radius 3 is 2.63 bits per heavy atom. The molecule has 12 heteroatoms. The average molecular weight is 609 g/mol. The quantitative estimate of drug-likeness (QED) is 0.173. The summed E-state index contributed by atoms with van der Waals surface area (Å²) in [7, 11) is -3.05. The van der Waals surface area contributed by atoms with Gasteiger partial charge >= 0.3 is 0 Å². The standard InChI is InChI=1S/C31H37N5O6S/c1-19-10-11-25(21(12-19)13-20-6-5-7-22(14-20)36-43(2,40)41)29-28(26-8-3-4-9-27(26)30(38)34-29)31(39)35-42-18-24-16-32-23(17-37)15-33-24/h3-4,8-12,15-16,20,22,28-29,37H,5-7,13-14,17-18H2,1-2H3,(H3-,34,35,36,38,39,40,41)/p+1/t20?,22-,28+,29-/m0/s1. The molecule has 5 N–H and O–H groups in total. The molecule has 1 aliphatic carbocycles. The van der Waals surface area contributed by atoms with Crippen molar-refractivity contribution in [2.75, 3.05) is 6.26 Å². The Morgan fingerprint density at radius 2 is 1.88 bits per heavy atom. The van der Waals surface area contributed by atoms with Crippen LogP contribution in [0.5, 0.6) is 0 Å². The Kier molecular flexibility index (Phi) is 9.62. The molecule has 0 spiro atoms. The van der Waals surface area contributed by atoms with Gasteiger partial charge < -0.3 is 10.4 Å². The molecule has 1 fully saturated rings. The fourth-order valence-electron chi connectivity index (χ4n) is 6.21. The molecule has 0 radical (unpaired) electrons. The minimum absolute atomic E-state index is 0.0273. The van der Waals surface area contributed by atoms with Gasteiger partial charge in [0.2, 0.25) is 0 Å². The smallest absolute Gasteiger partial charge is 0.285 e. The fraction of sp³-hybridized carbons (Fsp3) is 0.419. The monoisotopic (exact) mass is 608 g/mol. The molecular formula is C31H38N5O6S+. The second-order valence-electron chi connectivity index (χ2n) is 11.5. The Hall–Kier alpha value is -3.55. The first kappa shape index (κ1) is 30.9. The summed E-state index contributed by atoms with van der Waals surface area (Å²) in [6.45, 7) is 1.77. The number of carbonyl (C=O) groups is 2. The number of hydroxylamine groups is 1. The first-order valence-corrected chi connectivity index (χ1v) is 16.3. The molecule has 228 valence electrons. The molecular weight excluding hydrogens is 570 g/mol. The maximum absolute atomic E-state index is 13.8. The fourth-order valence-corrected chi connectivity index (χ4v) is 7.04. The van der Waals surface area contributed by atoms with Crippen molar-refractivity contribution in [3.8, 4) is 0 Å². The van der Waals surface area contributed by atoms with Crippen LogP contribution in [0, 0.1) is 12.8 Å². The van der Waals surface area contributed by atoms with E-state index in [0.717, 1.165) is 42.4 Å². The van der Waals surface area contributed by atoms with Crippen molar-refractivity contribution in [3.63, 3.8) is 0 Å². The molecule has 2 aromatic carbocycles. The van der Waals surface area contributed by atoms with Crippen molar-refractivity contribution in [2.24, 2.45) is 5.92 Å². The largest absolute Gasteiger partial charge is 0.390 e. The Labute approximate surface area is 252 Å². The van der Waals surface area contributed by atoms with Gasteiger partial charge in [-0.2, -0.15) is 4.55 Å². The lowest BCUT2D eigenvalue weighted by atomic mass is 9.76. The van der Waals surface area contributed by atoms with Gasteiger partial charge in [0, 0.05) is 5.56 Å². The Bertz CT molecular complexity index is 1510. The van der Waals surface area contributed by atoms with E-state index in [9.17, 15) is 23.5 Å². The minimum atomic E-state index is -3.05. The molecule has 5 atom stereocenters. The number of aliphatic hydroxyl groups is 1. The predicted molar refractivity (Wildman–Crippen MR) is 161 cm³/mol. The summed E-state index contributed by atoms with van der Waals surface area (Å²) in [4.78, 5) is 40.8. The van der Waals surface area contributed by atoms with E-state index in [1.807, 2.05) is 25.1 Å². The van der Waals surface area contributed by atoms with Crippen LogP contribution in [0.2, 0.25) is 0 Å². The van der Waals surface area contributed by atoms with E-state index in [2.05, 4.69) is 31.6 Å². The maximum atomic E-state index is 13.8. The van der Waals surface area contributed by atoms with Crippen LogP contribution in [0.4, 0.5) is 0 Å². The van der Waals surface area contributed by atoms with Gasteiger partial charge in [-0.1, -0.05) is 54.8 Å². The molecule has 5 rings (SSSR count). The number of amides is 2. The van der Waals surface area contributed by atoms with E-state index in [1.165, 1.54) is 18.6 Å². The highest BCUT2D eigenvalue weighted by Crippen LogP contribution is 2.40. The van der Waals surface area contributed by atoms with E-state index < -0.39 is 28.3 Å². The Balaban J connectivity index is 1.40. The van der Waals surface area contributed by atoms with Gasteiger partial charge in [0.05, 0.1) is 48.4 Å². The summed E-state index contributed by atoms with van der Waals surface area (Å²) in [5, 5.41) is 12.3. The van der Waals surface area contributed by atoms with Gasteiger partial charge in [-0.15, -0.1) is 4.72 Å². The van der Waals surface area contributed by atoms with Crippen molar-refractivity contribution in [1.29, 1.82) is 0 Å². The summed E-state index contributed by atoms with van der Waals surface area (Å²) in [5.41, 5.74) is 7.47. The van der Waals surface area contributed by atoms with Crippen molar-refractivity contribution in [3.05, 3.63) is 94.1 Å². The van der Waals surface area contributed by atoms with Crippen molar-refractivity contribution in [2.45, 2.75) is 70.2 Å². The van der Waals surface area contributed by atoms with E-state index in [4.69, 9.17) is 4.84 Å². The van der Waals surface area contributed by atoms with Crippen molar-refractivity contribution < 1.29 is 28.3 Å². The second-order valence-corrected chi connectivity index (χ2v) is 13.3. The van der Waals surface area contributed by atoms with Crippen LogP contribution in [-0.2, 0) is 43.9 Å². The molecule has 0 bridgehead atoms. The molecule has 2 unspecified atom stereocenters. The second kappa shape index (κ2) is 13.4. The van der Waals surface area contributed by atoms with Gasteiger partial charge in [-0.3, -0.25) is 24.4 Å². The lowest BCUT2D eigenvalue weighted by Gasteiger charge is -2.35. The van der Waals surface area contributed by atoms with E-state index in [-0.39, 0.29) is 31.1 Å². The number of carbonyl (C=O) groups excluding carboxylic acids is 2.